The zero-order valence-electron chi connectivity index (χ0n) is 13.7. The van der Waals surface area contributed by atoms with E-state index in [0.717, 1.165) is 0 Å². The second-order valence-corrected chi connectivity index (χ2v) is 6.13. The van der Waals surface area contributed by atoms with Crippen molar-refractivity contribution in [2.75, 3.05) is 17.7 Å². The Balaban J connectivity index is 1.67. The Morgan fingerprint density at radius 1 is 0.962 bits per heavy atom. The van der Waals surface area contributed by atoms with E-state index in [1.165, 1.54) is 12.4 Å². The fourth-order valence-electron chi connectivity index (χ4n) is 2.15. The number of amides is 1. The van der Waals surface area contributed by atoms with E-state index in [1.807, 2.05) is 0 Å². The molecule has 0 atom stereocenters. The van der Waals surface area contributed by atoms with Crippen LogP contribution in [0.1, 0.15) is 10.5 Å². The zero-order chi connectivity index (χ0) is 18.5. The summed E-state index contributed by atoms with van der Waals surface area (Å²) in [5.74, 6) is 0.809. The third-order valence-electron chi connectivity index (χ3n) is 3.37. The average Bonchev–Trinajstić information content (AvgIpc) is 2.62. The van der Waals surface area contributed by atoms with Gasteiger partial charge in [-0.2, -0.15) is 0 Å². The molecule has 0 radical (unpaired) electrons. The highest BCUT2D eigenvalue weighted by molar-refractivity contribution is 6.35. The van der Waals surface area contributed by atoms with Crippen LogP contribution in [-0.4, -0.2) is 23.0 Å². The summed E-state index contributed by atoms with van der Waals surface area (Å²) in [6, 6.07) is 12.0. The maximum Gasteiger partial charge on any atom is 0.275 e. The first-order chi connectivity index (χ1) is 12.5. The van der Waals surface area contributed by atoms with E-state index in [2.05, 4.69) is 20.6 Å². The van der Waals surface area contributed by atoms with Crippen molar-refractivity contribution >= 4 is 46.3 Å². The Morgan fingerprint density at radius 2 is 1.65 bits per heavy atom. The predicted octanol–water partition coefficient (Wildman–Crippen LogP) is 4.79. The summed E-state index contributed by atoms with van der Waals surface area (Å²) < 4.78 is 5.08. The monoisotopic (exact) mass is 388 g/mol. The number of carbonyl (C=O) groups is 1. The fraction of sp³-hybridized carbons (Fsp3) is 0.0556. The van der Waals surface area contributed by atoms with Gasteiger partial charge in [0.05, 0.1) is 19.5 Å². The van der Waals surface area contributed by atoms with Crippen LogP contribution in [0.5, 0.6) is 5.75 Å². The molecule has 0 aliphatic heterocycles. The molecule has 0 aliphatic rings. The highest BCUT2D eigenvalue weighted by Crippen LogP contribution is 2.24. The van der Waals surface area contributed by atoms with Crippen LogP contribution in [0, 0.1) is 0 Å². The number of methoxy groups -OCH3 is 1. The molecule has 0 aliphatic carbocycles. The second kappa shape index (κ2) is 8.03. The van der Waals surface area contributed by atoms with Crippen LogP contribution in [0.3, 0.4) is 0 Å². The Hall–Kier alpha value is -2.83. The number of aromatic nitrogens is 2. The standard InChI is InChI=1S/C18H14Cl2N4O2/c1-26-15-4-2-13(3-5-15)24-18(25)16-9-22-17(10-21-16)23-14-7-11(19)6-12(20)8-14/h2-10H,1H3,(H,22,23)(H,24,25). The maximum absolute atomic E-state index is 12.2. The van der Waals surface area contributed by atoms with Crippen molar-refractivity contribution in [3.05, 3.63) is 70.6 Å². The van der Waals surface area contributed by atoms with Crippen LogP contribution in [0.2, 0.25) is 10.0 Å². The lowest BCUT2D eigenvalue weighted by Gasteiger charge is -2.08. The Morgan fingerprint density at radius 3 is 2.23 bits per heavy atom. The van der Waals surface area contributed by atoms with Gasteiger partial charge in [-0.25, -0.2) is 9.97 Å². The lowest BCUT2D eigenvalue weighted by molar-refractivity contribution is 0.102. The Kier molecular flexibility index (Phi) is 5.55. The second-order valence-electron chi connectivity index (χ2n) is 5.25. The van der Waals surface area contributed by atoms with E-state index in [1.54, 1.807) is 49.6 Å². The average molecular weight is 389 g/mol. The van der Waals surface area contributed by atoms with Gasteiger partial charge in [0.2, 0.25) is 0 Å². The van der Waals surface area contributed by atoms with Crippen molar-refractivity contribution in [2.45, 2.75) is 0 Å². The number of benzene rings is 2. The number of rotatable bonds is 5. The fourth-order valence-corrected chi connectivity index (χ4v) is 2.68. The summed E-state index contributed by atoms with van der Waals surface area (Å²) in [7, 11) is 1.58. The van der Waals surface area contributed by atoms with Crippen LogP contribution in [0.25, 0.3) is 0 Å². The van der Waals surface area contributed by atoms with Crippen molar-refractivity contribution in [3.63, 3.8) is 0 Å². The van der Waals surface area contributed by atoms with Crippen LogP contribution >= 0.6 is 23.2 Å². The van der Waals surface area contributed by atoms with Crippen LogP contribution in [0.4, 0.5) is 17.2 Å². The van der Waals surface area contributed by atoms with Gasteiger partial charge >= 0.3 is 0 Å². The quantitative estimate of drug-likeness (QED) is 0.656. The molecule has 0 fully saturated rings. The van der Waals surface area contributed by atoms with Crippen molar-refractivity contribution in [1.82, 2.24) is 9.97 Å². The topological polar surface area (TPSA) is 76.1 Å². The molecule has 0 bridgehead atoms. The van der Waals surface area contributed by atoms with Gasteiger partial charge in [-0.3, -0.25) is 4.79 Å². The van der Waals surface area contributed by atoms with Crippen molar-refractivity contribution in [3.8, 4) is 5.75 Å². The predicted molar refractivity (Wildman–Crippen MR) is 103 cm³/mol. The number of halogens is 2. The molecular weight excluding hydrogens is 375 g/mol. The molecule has 0 saturated carbocycles. The van der Waals surface area contributed by atoms with E-state index in [9.17, 15) is 4.79 Å². The molecule has 2 N–H and O–H groups in total. The molecule has 0 spiro atoms. The zero-order valence-corrected chi connectivity index (χ0v) is 15.2. The largest absolute Gasteiger partial charge is 0.497 e. The molecule has 6 nitrogen and oxygen atoms in total. The van der Waals surface area contributed by atoms with E-state index >= 15 is 0 Å². The maximum atomic E-state index is 12.2. The number of nitrogens with zero attached hydrogens (tertiary/aromatic N) is 2. The summed E-state index contributed by atoms with van der Waals surface area (Å²) in [5, 5.41) is 6.77. The highest BCUT2D eigenvalue weighted by Gasteiger charge is 2.09. The minimum Gasteiger partial charge on any atom is -0.497 e. The molecule has 0 unspecified atom stereocenters. The molecule has 26 heavy (non-hydrogen) atoms. The molecular formula is C18H14Cl2N4O2. The van der Waals surface area contributed by atoms with Crippen LogP contribution < -0.4 is 15.4 Å². The van der Waals surface area contributed by atoms with Crippen LogP contribution in [0.15, 0.2) is 54.9 Å². The third kappa shape index (κ3) is 4.62. The molecule has 1 amide bonds. The first kappa shape index (κ1) is 18.0. The minimum absolute atomic E-state index is 0.190. The Bertz CT molecular complexity index is 895. The molecule has 1 heterocycles. The van der Waals surface area contributed by atoms with Gasteiger partial charge in [0.1, 0.15) is 17.3 Å². The number of nitrogens with one attached hydrogen (secondary N) is 2. The highest BCUT2D eigenvalue weighted by atomic mass is 35.5. The van der Waals surface area contributed by atoms with Gasteiger partial charge in [-0.15, -0.1) is 0 Å². The summed E-state index contributed by atoms with van der Waals surface area (Å²) in [6.45, 7) is 0. The van der Waals surface area contributed by atoms with Crippen molar-refractivity contribution < 1.29 is 9.53 Å². The lowest BCUT2D eigenvalue weighted by Crippen LogP contribution is -2.14. The normalized spacial score (nSPS) is 10.3. The van der Waals surface area contributed by atoms with Gasteiger partial charge in [0, 0.05) is 21.4 Å². The number of anilines is 3. The lowest BCUT2D eigenvalue weighted by atomic mass is 10.3. The number of carbonyl (C=O) groups excluding carboxylic acids is 1. The van der Waals surface area contributed by atoms with Gasteiger partial charge < -0.3 is 15.4 Å². The number of ether oxygens (including phenoxy) is 1. The van der Waals surface area contributed by atoms with E-state index in [4.69, 9.17) is 27.9 Å². The first-order valence-corrected chi connectivity index (χ1v) is 8.29. The van der Waals surface area contributed by atoms with Gasteiger partial charge in [-0.1, -0.05) is 23.2 Å². The molecule has 0 saturated heterocycles. The van der Waals surface area contributed by atoms with Crippen LogP contribution in [-0.2, 0) is 0 Å². The van der Waals surface area contributed by atoms with Gasteiger partial charge in [-0.05, 0) is 42.5 Å². The van der Waals surface area contributed by atoms with E-state index in [0.29, 0.717) is 33.0 Å². The molecule has 132 valence electrons. The molecule has 1 aromatic heterocycles. The van der Waals surface area contributed by atoms with E-state index in [-0.39, 0.29) is 11.6 Å². The number of hydrogen-bond donors (Lipinski definition) is 2. The summed E-state index contributed by atoms with van der Waals surface area (Å²) in [4.78, 5) is 20.5. The minimum atomic E-state index is -0.361. The molecule has 3 aromatic rings. The summed E-state index contributed by atoms with van der Waals surface area (Å²) >= 11 is 11.9. The molecule has 2 aromatic carbocycles. The summed E-state index contributed by atoms with van der Waals surface area (Å²) in [5.41, 5.74) is 1.50. The van der Waals surface area contributed by atoms with Crippen molar-refractivity contribution in [2.24, 2.45) is 0 Å². The van der Waals surface area contributed by atoms with Crippen molar-refractivity contribution in [1.29, 1.82) is 0 Å². The smallest absolute Gasteiger partial charge is 0.275 e. The van der Waals surface area contributed by atoms with Gasteiger partial charge in [0.15, 0.2) is 0 Å². The third-order valence-corrected chi connectivity index (χ3v) is 3.80. The van der Waals surface area contributed by atoms with E-state index < -0.39 is 0 Å². The number of hydrogen-bond acceptors (Lipinski definition) is 5. The van der Waals surface area contributed by atoms with Gasteiger partial charge in [0.25, 0.3) is 5.91 Å². The molecule has 3 rings (SSSR count). The first-order valence-electron chi connectivity index (χ1n) is 7.54. The Labute approximate surface area is 160 Å². The summed E-state index contributed by atoms with van der Waals surface area (Å²) in [6.07, 6.45) is 2.84. The SMILES string of the molecule is COc1ccc(NC(=O)c2cnc(Nc3cc(Cl)cc(Cl)c3)cn2)cc1. The molecule has 8 heteroatoms.